The molecule has 0 aromatic carbocycles. The van der Waals surface area contributed by atoms with Gasteiger partial charge in [0, 0.05) is 31.4 Å². The van der Waals surface area contributed by atoms with E-state index in [1.165, 1.54) is 29.9 Å². The summed E-state index contributed by atoms with van der Waals surface area (Å²) in [7, 11) is 4.49. The number of fused-ring (bicyclic) bond motifs is 3. The molecule has 4 atom stereocenters. The first kappa shape index (κ1) is 21.4. The largest absolute Gasteiger partial charge is 0.355 e. The predicted molar refractivity (Wildman–Crippen MR) is 133 cm³/mol. The van der Waals surface area contributed by atoms with Crippen molar-refractivity contribution in [3.05, 3.63) is 58.6 Å². The molecule has 6 rings (SSSR count). The number of hydrogen-bond acceptors (Lipinski definition) is 5. The highest BCUT2D eigenvalue weighted by Crippen LogP contribution is 2.43. The highest BCUT2D eigenvalue weighted by atomic mass is 35.5. The van der Waals surface area contributed by atoms with Crippen LogP contribution in [0.2, 0.25) is 5.15 Å². The van der Waals surface area contributed by atoms with Gasteiger partial charge in [0.15, 0.2) is 0 Å². The van der Waals surface area contributed by atoms with E-state index in [-0.39, 0.29) is 6.04 Å². The van der Waals surface area contributed by atoms with Crippen molar-refractivity contribution in [2.45, 2.75) is 63.2 Å². The Morgan fingerprint density at radius 2 is 1.61 bits per heavy atom. The van der Waals surface area contributed by atoms with Gasteiger partial charge in [-0.25, -0.2) is 4.98 Å². The van der Waals surface area contributed by atoms with Gasteiger partial charge >= 0.3 is 0 Å². The zero-order chi connectivity index (χ0) is 22.7. The fourth-order valence-electron chi connectivity index (χ4n) is 6.45. The minimum atomic E-state index is 0.189. The van der Waals surface area contributed by atoms with Gasteiger partial charge in [-0.3, -0.25) is 19.2 Å². The standard InChI is InChI=1S/C26H33ClN6/c1-17-7-6-14-28-24(17)20-8-4-9-21(31(20)3)25-26(27)33-22(29-25)10-5-11-23(33)32-15-18-12-13-19(16-32)30(18)2/h5-7,10-11,14,18-21H,4,8-9,12-13,15-16H2,1-3H3/t18?,19?,20-,21+/m0/s1. The van der Waals surface area contributed by atoms with E-state index in [2.05, 4.69) is 64.4 Å². The van der Waals surface area contributed by atoms with E-state index in [0.29, 0.717) is 18.1 Å². The van der Waals surface area contributed by atoms with E-state index >= 15 is 0 Å². The maximum absolute atomic E-state index is 7.14. The molecule has 6 heterocycles. The molecule has 3 aliphatic heterocycles. The second kappa shape index (κ2) is 8.26. The van der Waals surface area contributed by atoms with Crippen molar-refractivity contribution in [3.8, 4) is 0 Å². The van der Waals surface area contributed by atoms with E-state index in [9.17, 15) is 0 Å². The first-order chi connectivity index (χ1) is 16.0. The number of hydrogen-bond donors (Lipinski definition) is 0. The molecule has 0 aliphatic carbocycles. The van der Waals surface area contributed by atoms with Crippen LogP contribution in [0.15, 0.2) is 36.5 Å². The molecular formula is C26H33ClN6. The second-order valence-electron chi connectivity index (χ2n) is 10.2. The van der Waals surface area contributed by atoms with Crippen molar-refractivity contribution in [1.82, 2.24) is 24.2 Å². The van der Waals surface area contributed by atoms with E-state index in [0.717, 1.165) is 48.8 Å². The van der Waals surface area contributed by atoms with Crippen LogP contribution in [0.1, 0.15) is 61.1 Å². The van der Waals surface area contributed by atoms with E-state index in [1.54, 1.807) is 0 Å². The molecule has 7 heteroatoms. The van der Waals surface area contributed by atoms with Gasteiger partial charge in [0.2, 0.25) is 0 Å². The minimum absolute atomic E-state index is 0.189. The molecular weight excluding hydrogens is 432 g/mol. The van der Waals surface area contributed by atoms with Crippen LogP contribution in [0.3, 0.4) is 0 Å². The Hall–Kier alpha value is -2.15. The number of piperazine rings is 1. The SMILES string of the molecule is Cc1cccnc1[C@@H]1CCC[C@H](c2nc3cccc(N4CC5CCC(C4)N5C)n3c2Cl)N1C. The monoisotopic (exact) mass is 464 g/mol. The van der Waals surface area contributed by atoms with Crippen LogP contribution in [0, 0.1) is 6.92 Å². The van der Waals surface area contributed by atoms with Crippen LogP contribution in [-0.2, 0) is 0 Å². The summed E-state index contributed by atoms with van der Waals surface area (Å²) < 4.78 is 2.19. The van der Waals surface area contributed by atoms with Crippen LogP contribution in [0.5, 0.6) is 0 Å². The number of pyridine rings is 2. The molecule has 6 nitrogen and oxygen atoms in total. The average Bonchev–Trinajstić information content (AvgIpc) is 3.23. The zero-order valence-electron chi connectivity index (χ0n) is 19.8. The van der Waals surface area contributed by atoms with Crippen LogP contribution in [0.25, 0.3) is 5.65 Å². The molecule has 2 bridgehead atoms. The van der Waals surface area contributed by atoms with Gasteiger partial charge in [0.25, 0.3) is 0 Å². The Bertz CT molecular complexity index is 1160. The average molecular weight is 465 g/mol. The van der Waals surface area contributed by atoms with Crippen molar-refractivity contribution >= 4 is 23.1 Å². The number of rotatable bonds is 3. The first-order valence-electron chi connectivity index (χ1n) is 12.3. The molecule has 0 amide bonds. The first-order valence-corrected chi connectivity index (χ1v) is 12.7. The van der Waals surface area contributed by atoms with Gasteiger partial charge in [-0.15, -0.1) is 0 Å². The van der Waals surface area contributed by atoms with Gasteiger partial charge in [0.05, 0.1) is 23.5 Å². The molecule has 3 fully saturated rings. The highest BCUT2D eigenvalue weighted by molar-refractivity contribution is 6.30. The Morgan fingerprint density at radius 3 is 2.33 bits per heavy atom. The van der Waals surface area contributed by atoms with Gasteiger partial charge in [-0.2, -0.15) is 0 Å². The summed E-state index contributed by atoms with van der Waals surface area (Å²) in [5, 5.41) is 0.766. The number of piperidine rings is 1. The molecule has 2 unspecified atom stereocenters. The normalized spacial score (nSPS) is 28.7. The lowest BCUT2D eigenvalue weighted by atomic mass is 9.91. The second-order valence-corrected chi connectivity index (χ2v) is 10.5. The molecule has 3 saturated heterocycles. The summed E-state index contributed by atoms with van der Waals surface area (Å²) in [6.45, 7) is 4.27. The number of halogens is 1. The van der Waals surface area contributed by atoms with E-state index in [1.807, 2.05) is 12.3 Å². The lowest BCUT2D eigenvalue weighted by Crippen LogP contribution is -2.52. The lowest BCUT2D eigenvalue weighted by molar-refractivity contribution is 0.109. The summed E-state index contributed by atoms with van der Waals surface area (Å²) in [4.78, 5) is 17.4. The number of aromatic nitrogens is 3. The summed E-state index contributed by atoms with van der Waals surface area (Å²) in [6.07, 6.45) is 7.82. The maximum atomic E-state index is 7.14. The Labute approximate surface area is 201 Å². The molecule has 3 aromatic heterocycles. The lowest BCUT2D eigenvalue weighted by Gasteiger charge is -2.40. The highest BCUT2D eigenvalue weighted by Gasteiger charge is 2.39. The van der Waals surface area contributed by atoms with Gasteiger partial charge in [-0.1, -0.05) is 23.7 Å². The topological polar surface area (TPSA) is 39.9 Å². The number of aryl methyl sites for hydroxylation is 1. The minimum Gasteiger partial charge on any atom is -0.355 e. The summed E-state index contributed by atoms with van der Waals surface area (Å²) in [6, 6.07) is 12.3. The van der Waals surface area contributed by atoms with Crippen LogP contribution in [0.4, 0.5) is 5.82 Å². The van der Waals surface area contributed by atoms with E-state index in [4.69, 9.17) is 21.6 Å². The van der Waals surface area contributed by atoms with Gasteiger partial charge in [0.1, 0.15) is 16.6 Å². The van der Waals surface area contributed by atoms with Crippen molar-refractivity contribution < 1.29 is 0 Å². The van der Waals surface area contributed by atoms with Crippen molar-refractivity contribution in [3.63, 3.8) is 0 Å². The Morgan fingerprint density at radius 1 is 0.879 bits per heavy atom. The van der Waals surface area contributed by atoms with Crippen LogP contribution < -0.4 is 4.90 Å². The fourth-order valence-corrected chi connectivity index (χ4v) is 6.80. The van der Waals surface area contributed by atoms with Crippen LogP contribution in [-0.4, -0.2) is 63.4 Å². The molecule has 174 valence electrons. The Kier molecular flexibility index (Phi) is 5.35. The fraction of sp³-hybridized carbons (Fsp3) is 0.538. The van der Waals surface area contributed by atoms with Crippen molar-refractivity contribution in [1.29, 1.82) is 0 Å². The number of likely N-dealkylation sites (N-methyl/N-ethyl adjacent to an activating group) is 1. The third kappa shape index (κ3) is 3.46. The number of nitrogens with zero attached hydrogens (tertiary/aromatic N) is 6. The third-order valence-electron chi connectivity index (χ3n) is 8.38. The summed E-state index contributed by atoms with van der Waals surface area (Å²) in [5.41, 5.74) is 4.38. The maximum Gasteiger partial charge on any atom is 0.139 e. The zero-order valence-corrected chi connectivity index (χ0v) is 20.5. The number of imidazole rings is 1. The summed E-state index contributed by atoms with van der Waals surface area (Å²) >= 11 is 7.14. The van der Waals surface area contributed by atoms with Gasteiger partial charge in [-0.05, 0) is 76.9 Å². The quantitative estimate of drug-likeness (QED) is 0.553. The molecule has 0 spiro atoms. The van der Waals surface area contributed by atoms with Crippen molar-refractivity contribution in [2.24, 2.45) is 0 Å². The number of anilines is 1. The molecule has 0 saturated carbocycles. The van der Waals surface area contributed by atoms with Crippen LogP contribution >= 0.6 is 11.6 Å². The smallest absolute Gasteiger partial charge is 0.139 e. The van der Waals surface area contributed by atoms with Gasteiger partial charge < -0.3 is 4.90 Å². The molecule has 33 heavy (non-hydrogen) atoms. The van der Waals surface area contributed by atoms with Crippen molar-refractivity contribution in [2.75, 3.05) is 32.1 Å². The molecule has 3 aromatic rings. The Balaban J connectivity index is 1.36. The molecule has 0 N–H and O–H groups in total. The molecule has 0 radical (unpaired) electrons. The third-order valence-corrected chi connectivity index (χ3v) is 8.75. The molecule has 3 aliphatic rings. The summed E-state index contributed by atoms with van der Waals surface area (Å²) in [5.74, 6) is 1.18. The predicted octanol–water partition coefficient (Wildman–Crippen LogP) is 4.87. The van der Waals surface area contributed by atoms with E-state index < -0.39 is 0 Å². The number of likely N-dealkylation sites (tertiary alicyclic amines) is 1.